The Labute approximate surface area is 624 Å². The van der Waals surface area contributed by atoms with Gasteiger partial charge in [-0.05, 0) is 204 Å². The quantitative estimate of drug-likeness (QED) is 0.0811. The minimum absolute atomic E-state index is 0.127. The van der Waals surface area contributed by atoms with Gasteiger partial charge in [0.05, 0.1) is 22.4 Å². The smallest absolute Gasteiger partial charge is 0.252 e. The van der Waals surface area contributed by atoms with E-state index in [-0.39, 0.29) is 28.4 Å². The molecule has 512 valence electrons. The number of rotatable bonds is 9. The average Bonchev–Trinajstić information content (AvgIpc) is 0.839. The van der Waals surface area contributed by atoms with E-state index in [9.17, 15) is 0 Å². The minimum atomic E-state index is -0.337. The average molecular weight is 1360 g/mol. The van der Waals surface area contributed by atoms with Gasteiger partial charge in [0, 0.05) is 61.5 Å². The summed E-state index contributed by atoms with van der Waals surface area (Å²) in [6.45, 7) is 28.2. The Morgan fingerprint density at radius 1 is 0.245 bits per heavy atom. The maximum absolute atomic E-state index is 2.76. The highest BCUT2D eigenvalue weighted by Crippen LogP contribution is 2.57. The van der Waals surface area contributed by atoms with Crippen LogP contribution in [0.2, 0.25) is 0 Å². The predicted molar refractivity (Wildman–Crippen MR) is 457 cm³/mol. The van der Waals surface area contributed by atoms with Crippen molar-refractivity contribution in [2.75, 3.05) is 9.80 Å². The molecule has 2 aliphatic heterocycles. The topological polar surface area (TPSA) is 11.4 Å². The molecule has 0 amide bonds. The predicted octanol–water partition coefficient (Wildman–Crippen LogP) is 26.4. The van der Waals surface area contributed by atoms with Crippen LogP contribution in [-0.4, -0.2) is 11.3 Å². The summed E-state index contributed by atoms with van der Waals surface area (Å²) >= 11 is 0. The molecule has 2 aliphatic rings. The molecule has 3 heterocycles. The zero-order valence-corrected chi connectivity index (χ0v) is 62.8. The summed E-state index contributed by atoms with van der Waals surface area (Å²) in [7, 11) is 0. The first-order chi connectivity index (χ1) is 51.1. The molecule has 0 aliphatic carbocycles. The monoisotopic (exact) mass is 1360 g/mol. The molecule has 0 unspecified atom stereocenters. The van der Waals surface area contributed by atoms with Gasteiger partial charge in [-0.25, -0.2) is 0 Å². The maximum Gasteiger partial charge on any atom is 0.252 e. The van der Waals surface area contributed by atoms with E-state index in [1.165, 1.54) is 137 Å². The third-order valence-corrected chi connectivity index (χ3v) is 23.2. The third kappa shape index (κ3) is 10.4. The van der Waals surface area contributed by atoms with Gasteiger partial charge in [0.2, 0.25) is 0 Å². The molecular weight excluding hydrogens is 1280 g/mol. The largest absolute Gasteiger partial charge is 0.310 e. The molecule has 0 radical (unpaired) electrons. The van der Waals surface area contributed by atoms with Crippen molar-refractivity contribution in [1.82, 2.24) is 4.57 Å². The lowest BCUT2D eigenvalue weighted by Gasteiger charge is -2.46. The Balaban J connectivity index is 0.999. The van der Waals surface area contributed by atoms with Crippen LogP contribution >= 0.6 is 0 Å². The van der Waals surface area contributed by atoms with Crippen LogP contribution in [0.4, 0.5) is 34.1 Å². The first-order valence-electron chi connectivity index (χ1n) is 37.9. The van der Waals surface area contributed by atoms with E-state index in [0.29, 0.717) is 0 Å². The van der Waals surface area contributed by atoms with Gasteiger partial charge < -0.3 is 14.4 Å². The second-order valence-corrected chi connectivity index (χ2v) is 34.1. The molecule has 0 saturated heterocycles. The lowest BCUT2D eigenvalue weighted by molar-refractivity contribution is 0.590. The van der Waals surface area contributed by atoms with E-state index in [0.717, 1.165) is 61.9 Å². The van der Waals surface area contributed by atoms with Crippen LogP contribution in [0.15, 0.2) is 303 Å². The molecule has 0 saturated carbocycles. The van der Waals surface area contributed by atoms with Crippen molar-refractivity contribution in [2.24, 2.45) is 0 Å². The lowest BCUT2D eigenvalue weighted by atomic mass is 9.33. The van der Waals surface area contributed by atoms with Crippen LogP contribution in [0, 0.1) is 0 Å². The van der Waals surface area contributed by atoms with Crippen molar-refractivity contribution in [3.8, 4) is 72.4 Å². The second kappa shape index (κ2) is 23.9. The summed E-state index contributed by atoms with van der Waals surface area (Å²) in [5.41, 5.74) is 32.5. The van der Waals surface area contributed by atoms with Crippen LogP contribution in [0.5, 0.6) is 0 Å². The van der Waals surface area contributed by atoms with Gasteiger partial charge in [-0.15, -0.1) is 0 Å². The second-order valence-electron chi connectivity index (χ2n) is 34.1. The highest BCUT2D eigenvalue weighted by atomic mass is 15.2. The Morgan fingerprint density at radius 2 is 0.632 bits per heavy atom. The molecule has 3 nitrogen and oxygen atoms in total. The van der Waals surface area contributed by atoms with E-state index in [4.69, 9.17) is 0 Å². The first-order valence-corrected chi connectivity index (χ1v) is 37.9. The van der Waals surface area contributed by atoms with Crippen LogP contribution in [0.1, 0.15) is 105 Å². The Morgan fingerprint density at radius 3 is 1.08 bits per heavy atom. The van der Waals surface area contributed by atoms with Gasteiger partial charge in [0.15, 0.2) is 0 Å². The van der Waals surface area contributed by atoms with E-state index in [1.54, 1.807) is 0 Å². The first kappa shape index (κ1) is 65.1. The van der Waals surface area contributed by atoms with Gasteiger partial charge in [-0.2, -0.15) is 0 Å². The zero-order chi connectivity index (χ0) is 72.4. The van der Waals surface area contributed by atoms with Crippen molar-refractivity contribution >= 4 is 111 Å². The Kier molecular flexibility index (Phi) is 14.7. The zero-order valence-electron chi connectivity index (χ0n) is 62.8. The maximum atomic E-state index is 2.76. The van der Waals surface area contributed by atoms with Crippen molar-refractivity contribution in [3.05, 3.63) is 326 Å². The summed E-state index contributed by atoms with van der Waals surface area (Å²) in [5, 5.41) is 10.4. The van der Waals surface area contributed by atoms with Crippen molar-refractivity contribution in [1.29, 1.82) is 0 Å². The van der Waals surface area contributed by atoms with Gasteiger partial charge in [-0.1, -0.05) is 320 Å². The minimum Gasteiger partial charge on any atom is -0.310 e. The van der Waals surface area contributed by atoms with Crippen LogP contribution in [-0.2, 0) is 21.7 Å². The molecule has 17 aromatic rings. The van der Waals surface area contributed by atoms with Crippen molar-refractivity contribution in [3.63, 3.8) is 0 Å². The molecule has 19 rings (SSSR count). The number of hydrogen-bond donors (Lipinski definition) is 0. The summed E-state index contributed by atoms with van der Waals surface area (Å²) in [6.07, 6.45) is 0. The van der Waals surface area contributed by atoms with Crippen LogP contribution in [0.25, 0.3) is 127 Å². The highest BCUT2D eigenvalue weighted by Gasteiger charge is 2.47. The van der Waals surface area contributed by atoms with E-state index in [1.807, 2.05) is 0 Å². The summed E-state index contributed by atoms with van der Waals surface area (Å²) in [6, 6.07) is 117. The number of aromatic nitrogens is 1. The van der Waals surface area contributed by atoms with Crippen LogP contribution in [0.3, 0.4) is 0 Å². The lowest BCUT2D eigenvalue weighted by Crippen LogP contribution is -2.61. The number of fused-ring (bicyclic) bond motifs is 5. The summed E-state index contributed by atoms with van der Waals surface area (Å²) < 4.78 is 2.60. The fraction of sp³-hybridized carbons (Fsp3) is 0.157. The molecule has 106 heavy (non-hydrogen) atoms. The number of nitrogens with zero attached hydrogens (tertiary/aromatic N) is 3. The fourth-order valence-corrected chi connectivity index (χ4v) is 17.7. The van der Waals surface area contributed by atoms with E-state index < -0.39 is 0 Å². The van der Waals surface area contributed by atoms with Crippen LogP contribution < -0.4 is 26.2 Å². The Hall–Kier alpha value is -11.7. The van der Waals surface area contributed by atoms with Crippen molar-refractivity contribution < 1.29 is 0 Å². The molecule has 0 spiro atoms. The summed E-state index contributed by atoms with van der Waals surface area (Å²) in [5.74, 6) is 0. The van der Waals surface area contributed by atoms with Crippen molar-refractivity contribution in [2.45, 2.75) is 105 Å². The molecule has 0 bridgehead atoms. The van der Waals surface area contributed by atoms with E-state index >= 15 is 0 Å². The SMILES string of the molecule is CC(C)(C)c1cccc(-c2cc(-c3ccccc3)cc(-c3cccc(C(C)(C)C)c3)c2N2c3cc(-c4ccccc4)ccc3B3c4ccc(-n5c6ccc7cccc8c9cccc%10ccc5c(c%109)c6c78)cc4N(c4c(-c5ccccc5)cc(C(C)(C)C)cc4-c4ccccc4)c4cc(C(C)(C)C)cc2c43)c1. The molecule has 0 fully saturated rings. The molecule has 0 atom stereocenters. The molecule has 1 aromatic heterocycles. The molecule has 16 aromatic carbocycles. The normalized spacial score (nSPS) is 13.2. The van der Waals surface area contributed by atoms with Gasteiger partial charge in [-0.3, -0.25) is 0 Å². The van der Waals surface area contributed by atoms with Gasteiger partial charge in [0.1, 0.15) is 0 Å². The standard InChI is InChI=1S/C102H86BN3/c1-99(2,3)73-41-25-39-70(53-73)80-55-72(64-31-19-14-20-32-64)56-81(71-40-26-42-74(54-71)100(4,5)6)97(80)105-88-57-69(63-29-17-13-18-30-63)45-49-84(88)103-85-50-48-77(104-86-51-46-67-37-27-43-78-79-44-28-38-68-47-52-87(104)95(93(68)79)94(86)92(67)78)62-89(85)106(91-61-76(102(10,11)12)60-90(105)96(91)103)98-82(65-33-21-15-22-34-65)58-75(101(7,8)9)59-83(98)66-35-23-16-24-36-66/h13-62H,1-12H3. The number of hydrogen-bond acceptors (Lipinski definition) is 2. The highest BCUT2D eigenvalue weighted by molar-refractivity contribution is 7.00. The number of anilines is 6. The van der Waals surface area contributed by atoms with Gasteiger partial charge >= 0.3 is 0 Å². The van der Waals surface area contributed by atoms with Gasteiger partial charge in [0.25, 0.3) is 6.71 Å². The molecule has 0 N–H and O–H groups in total. The van der Waals surface area contributed by atoms with E-state index in [2.05, 4.69) is 401 Å². The molecular formula is C102H86BN3. The third-order valence-electron chi connectivity index (χ3n) is 23.2. The summed E-state index contributed by atoms with van der Waals surface area (Å²) in [4.78, 5) is 5.52. The Bertz CT molecular complexity index is 6110. The molecule has 4 heteroatoms. The fourth-order valence-electron chi connectivity index (χ4n) is 17.7. The number of benzene rings is 16.